The Balaban J connectivity index is 2.22. The third-order valence-electron chi connectivity index (χ3n) is 4.94. The number of carbonyl (C=O) groups is 3. The van der Waals surface area contributed by atoms with Gasteiger partial charge in [0, 0.05) is 26.7 Å². The van der Waals surface area contributed by atoms with Crippen LogP contribution in [0.25, 0.3) is 0 Å². The Labute approximate surface area is 160 Å². The number of ketones is 1. The van der Waals surface area contributed by atoms with Crippen LogP contribution in [0.4, 0.5) is 0 Å². The topological polar surface area (TPSA) is 99.1 Å². The van der Waals surface area contributed by atoms with Crippen molar-refractivity contribution in [2.24, 2.45) is 0 Å². The molecule has 0 saturated heterocycles. The van der Waals surface area contributed by atoms with Crippen LogP contribution < -0.4 is 0 Å². The lowest BCUT2D eigenvalue weighted by Gasteiger charge is -2.39. The lowest BCUT2D eigenvalue weighted by atomic mass is 9.85. The lowest BCUT2D eigenvalue weighted by molar-refractivity contribution is -0.163. The first-order chi connectivity index (χ1) is 12.8. The van der Waals surface area contributed by atoms with Gasteiger partial charge < -0.3 is 19.3 Å². The Kier molecular flexibility index (Phi) is 7.83. The summed E-state index contributed by atoms with van der Waals surface area (Å²) in [6, 6.07) is 0. The van der Waals surface area contributed by atoms with Crippen molar-refractivity contribution in [3.05, 3.63) is 11.3 Å². The monoisotopic (exact) mass is 382 g/mol. The summed E-state index contributed by atoms with van der Waals surface area (Å²) >= 11 is 0. The summed E-state index contributed by atoms with van der Waals surface area (Å²) in [4.78, 5) is 35.4. The van der Waals surface area contributed by atoms with Crippen LogP contribution in [-0.4, -0.2) is 47.2 Å². The number of rotatable bonds is 8. The number of Topliss-reactive ketones (excluding diaryl/α,β-unsaturated/α-hetero) is 1. The van der Waals surface area contributed by atoms with E-state index in [1.807, 2.05) is 0 Å². The molecule has 4 atom stereocenters. The van der Waals surface area contributed by atoms with Gasteiger partial charge in [-0.25, -0.2) is 0 Å². The van der Waals surface area contributed by atoms with E-state index in [9.17, 15) is 19.5 Å². The van der Waals surface area contributed by atoms with E-state index in [1.165, 1.54) is 13.8 Å². The lowest BCUT2D eigenvalue weighted by Crippen LogP contribution is -2.45. The van der Waals surface area contributed by atoms with Crippen molar-refractivity contribution in [2.45, 2.75) is 96.6 Å². The van der Waals surface area contributed by atoms with E-state index in [4.69, 9.17) is 14.2 Å². The SMILES string of the molecule is CCCCCC[C@H](OC(C)=O)[C@@H]1C[C@@H](OC(C)=O)C2=C(O1)[C@H](O)CCC2=O. The quantitative estimate of drug-likeness (QED) is 0.509. The van der Waals surface area contributed by atoms with Gasteiger partial charge in [0.25, 0.3) is 0 Å². The van der Waals surface area contributed by atoms with Gasteiger partial charge in [-0.3, -0.25) is 14.4 Å². The highest BCUT2D eigenvalue weighted by atomic mass is 16.6. The highest BCUT2D eigenvalue weighted by Gasteiger charge is 2.44. The minimum Gasteiger partial charge on any atom is -0.487 e. The average Bonchev–Trinajstić information content (AvgIpc) is 2.59. The van der Waals surface area contributed by atoms with Crippen LogP contribution in [0.15, 0.2) is 11.3 Å². The summed E-state index contributed by atoms with van der Waals surface area (Å²) in [5.41, 5.74) is 0.243. The normalized spacial score (nSPS) is 26.1. The molecule has 1 N–H and O–H groups in total. The van der Waals surface area contributed by atoms with Crippen molar-refractivity contribution >= 4 is 17.7 Å². The highest BCUT2D eigenvalue weighted by molar-refractivity contribution is 5.98. The fraction of sp³-hybridized carbons (Fsp3) is 0.750. The maximum atomic E-state index is 12.3. The van der Waals surface area contributed by atoms with Gasteiger partial charge in [-0.05, 0) is 19.3 Å². The van der Waals surface area contributed by atoms with Gasteiger partial charge in [0.2, 0.25) is 0 Å². The second kappa shape index (κ2) is 9.88. The number of esters is 2. The Bertz CT molecular complexity index is 595. The fourth-order valence-corrected chi connectivity index (χ4v) is 3.71. The predicted molar refractivity (Wildman–Crippen MR) is 96.6 cm³/mol. The van der Waals surface area contributed by atoms with E-state index in [-0.39, 0.29) is 36.4 Å². The molecule has 0 saturated carbocycles. The third-order valence-corrected chi connectivity index (χ3v) is 4.94. The molecular weight excluding hydrogens is 352 g/mol. The minimum atomic E-state index is -0.920. The molecule has 2 rings (SSSR count). The molecule has 1 aliphatic carbocycles. The van der Waals surface area contributed by atoms with Crippen LogP contribution in [0, 0.1) is 0 Å². The van der Waals surface area contributed by atoms with Gasteiger partial charge in [0.15, 0.2) is 5.78 Å². The second-order valence-electron chi connectivity index (χ2n) is 7.24. The summed E-state index contributed by atoms with van der Waals surface area (Å²) < 4.78 is 16.8. The van der Waals surface area contributed by atoms with Crippen molar-refractivity contribution in [2.75, 3.05) is 0 Å². The third kappa shape index (κ3) is 5.79. The molecule has 1 heterocycles. The molecule has 2 aliphatic rings. The molecule has 27 heavy (non-hydrogen) atoms. The first-order valence-electron chi connectivity index (χ1n) is 9.79. The number of hydrogen-bond donors (Lipinski definition) is 1. The average molecular weight is 382 g/mol. The largest absolute Gasteiger partial charge is 0.487 e. The number of hydrogen-bond acceptors (Lipinski definition) is 7. The van der Waals surface area contributed by atoms with Gasteiger partial charge in [0.1, 0.15) is 30.2 Å². The van der Waals surface area contributed by atoms with E-state index in [2.05, 4.69) is 6.92 Å². The standard InChI is InChI=1S/C20H30O7/c1-4-5-6-7-8-16(25-12(2)21)17-11-18(26-13(3)22)19-14(23)9-10-15(24)20(19)27-17/h15-18,24H,4-11H2,1-3H3/t15-,16+,17+,18-/m1/s1. The zero-order valence-corrected chi connectivity index (χ0v) is 16.4. The van der Waals surface area contributed by atoms with Crippen molar-refractivity contribution in [1.29, 1.82) is 0 Å². The Morgan fingerprint density at radius 2 is 1.96 bits per heavy atom. The molecular formula is C20H30O7. The summed E-state index contributed by atoms with van der Waals surface area (Å²) in [6.07, 6.45) is 2.59. The Hall–Kier alpha value is -1.89. The zero-order chi connectivity index (χ0) is 20.0. The van der Waals surface area contributed by atoms with Gasteiger partial charge in [-0.1, -0.05) is 26.2 Å². The van der Waals surface area contributed by atoms with Gasteiger partial charge in [-0.2, -0.15) is 0 Å². The van der Waals surface area contributed by atoms with Crippen LogP contribution in [0.3, 0.4) is 0 Å². The Morgan fingerprint density at radius 1 is 1.22 bits per heavy atom. The van der Waals surface area contributed by atoms with Crippen LogP contribution in [0.1, 0.15) is 72.1 Å². The molecule has 0 bridgehead atoms. The number of aliphatic hydroxyl groups excluding tert-OH is 1. The summed E-state index contributed by atoms with van der Waals surface area (Å²) in [5, 5.41) is 10.3. The van der Waals surface area contributed by atoms with Gasteiger partial charge >= 0.3 is 11.9 Å². The molecule has 1 aliphatic heterocycles. The molecule has 0 aromatic rings. The second-order valence-corrected chi connectivity index (χ2v) is 7.24. The molecule has 152 valence electrons. The smallest absolute Gasteiger partial charge is 0.303 e. The van der Waals surface area contributed by atoms with Crippen LogP contribution in [-0.2, 0) is 28.6 Å². The van der Waals surface area contributed by atoms with Crippen molar-refractivity contribution in [3.63, 3.8) is 0 Å². The number of ether oxygens (including phenoxy) is 3. The molecule has 0 fully saturated rings. The van der Waals surface area contributed by atoms with Crippen LogP contribution in [0.2, 0.25) is 0 Å². The molecule has 0 unspecified atom stereocenters. The van der Waals surface area contributed by atoms with E-state index >= 15 is 0 Å². The summed E-state index contributed by atoms with van der Waals surface area (Å²) in [7, 11) is 0. The maximum absolute atomic E-state index is 12.3. The molecule has 0 aromatic carbocycles. The number of carbonyl (C=O) groups excluding carboxylic acids is 3. The molecule has 0 amide bonds. The van der Waals surface area contributed by atoms with E-state index in [1.54, 1.807) is 0 Å². The van der Waals surface area contributed by atoms with Crippen molar-refractivity contribution in [3.8, 4) is 0 Å². The molecule has 7 nitrogen and oxygen atoms in total. The first kappa shape index (κ1) is 21.4. The highest BCUT2D eigenvalue weighted by Crippen LogP contribution is 2.37. The van der Waals surface area contributed by atoms with E-state index in [0.29, 0.717) is 6.42 Å². The zero-order valence-electron chi connectivity index (χ0n) is 16.4. The number of aliphatic hydroxyl groups is 1. The van der Waals surface area contributed by atoms with Crippen molar-refractivity contribution < 1.29 is 33.7 Å². The van der Waals surface area contributed by atoms with E-state index in [0.717, 1.165) is 25.7 Å². The van der Waals surface area contributed by atoms with E-state index < -0.39 is 36.4 Å². The summed E-state index contributed by atoms with van der Waals surface area (Å²) in [5.74, 6) is -0.929. The summed E-state index contributed by atoms with van der Waals surface area (Å²) in [6.45, 7) is 4.74. The van der Waals surface area contributed by atoms with Gasteiger partial charge in [-0.15, -0.1) is 0 Å². The molecule has 0 spiro atoms. The molecule has 0 radical (unpaired) electrons. The van der Waals surface area contributed by atoms with Crippen molar-refractivity contribution in [1.82, 2.24) is 0 Å². The number of unbranched alkanes of at least 4 members (excludes halogenated alkanes) is 3. The van der Waals surface area contributed by atoms with Crippen LogP contribution in [0.5, 0.6) is 0 Å². The Morgan fingerprint density at radius 3 is 2.59 bits per heavy atom. The predicted octanol–water partition coefficient (Wildman–Crippen LogP) is 2.59. The van der Waals surface area contributed by atoms with Crippen LogP contribution >= 0.6 is 0 Å². The van der Waals surface area contributed by atoms with Gasteiger partial charge in [0.05, 0.1) is 5.57 Å². The fourth-order valence-electron chi connectivity index (χ4n) is 3.71. The maximum Gasteiger partial charge on any atom is 0.303 e. The minimum absolute atomic E-state index is 0.166. The molecule has 7 heteroatoms. The first-order valence-corrected chi connectivity index (χ1v) is 9.79. The molecule has 0 aromatic heterocycles.